The molecule has 1 saturated carbocycles. The fourth-order valence-electron chi connectivity index (χ4n) is 2.51. The van der Waals surface area contributed by atoms with E-state index < -0.39 is 5.97 Å². The van der Waals surface area contributed by atoms with Gasteiger partial charge in [0.05, 0.1) is 0 Å². The molecule has 1 aliphatic carbocycles. The van der Waals surface area contributed by atoms with Crippen LogP contribution in [-0.4, -0.2) is 16.9 Å². The van der Waals surface area contributed by atoms with Gasteiger partial charge in [-0.15, -0.1) is 0 Å². The lowest BCUT2D eigenvalue weighted by molar-refractivity contribution is -0.137. The van der Waals surface area contributed by atoms with Crippen LogP contribution in [-0.2, 0) is 9.59 Å². The Hall–Kier alpha value is -0.860. The molecule has 0 aromatic rings. The monoisotopic (exact) mass is 226 g/mol. The lowest BCUT2D eigenvalue weighted by Gasteiger charge is -2.13. The summed E-state index contributed by atoms with van der Waals surface area (Å²) in [6.45, 7) is 2.17. The van der Waals surface area contributed by atoms with Crippen LogP contribution in [0.1, 0.15) is 58.3 Å². The Morgan fingerprint density at radius 1 is 1.31 bits per heavy atom. The first kappa shape index (κ1) is 13.2. The maximum Gasteiger partial charge on any atom is 0.303 e. The van der Waals surface area contributed by atoms with Crippen molar-refractivity contribution in [2.24, 2.45) is 11.8 Å². The van der Waals surface area contributed by atoms with E-state index in [4.69, 9.17) is 5.11 Å². The number of carboxylic acids is 1. The Morgan fingerprint density at radius 2 is 2.00 bits per heavy atom. The highest BCUT2D eigenvalue weighted by atomic mass is 16.4. The topological polar surface area (TPSA) is 54.4 Å². The number of Topliss-reactive ketones (excluding diaryl/α,β-unsaturated/α-hetero) is 1. The number of carbonyl (C=O) groups excluding carboxylic acids is 1. The predicted octanol–water partition coefficient (Wildman–Crippen LogP) is 3.03. The van der Waals surface area contributed by atoms with Crippen molar-refractivity contribution in [1.82, 2.24) is 0 Å². The first-order valence-electron chi connectivity index (χ1n) is 6.35. The minimum Gasteiger partial charge on any atom is -0.481 e. The van der Waals surface area contributed by atoms with Gasteiger partial charge in [0.1, 0.15) is 5.78 Å². The molecule has 0 aromatic carbocycles. The molecule has 1 rings (SSSR count). The molecular formula is C13H22O3. The average Bonchev–Trinajstić information content (AvgIpc) is 2.53. The maximum absolute atomic E-state index is 11.5. The van der Waals surface area contributed by atoms with Crippen molar-refractivity contribution in [2.45, 2.75) is 58.3 Å². The molecule has 1 fully saturated rings. The number of hydrogen-bond donors (Lipinski definition) is 1. The van der Waals surface area contributed by atoms with Crippen molar-refractivity contribution in [3.05, 3.63) is 0 Å². The van der Waals surface area contributed by atoms with Crippen LogP contribution < -0.4 is 0 Å². The van der Waals surface area contributed by atoms with Gasteiger partial charge in [0.15, 0.2) is 0 Å². The summed E-state index contributed by atoms with van der Waals surface area (Å²) < 4.78 is 0. The number of rotatable bonds is 7. The van der Waals surface area contributed by atoms with Crippen LogP contribution in [0.3, 0.4) is 0 Å². The number of hydrogen-bond acceptors (Lipinski definition) is 2. The second kappa shape index (κ2) is 6.66. The quantitative estimate of drug-likeness (QED) is 0.679. The van der Waals surface area contributed by atoms with E-state index in [-0.39, 0.29) is 6.42 Å². The van der Waals surface area contributed by atoms with Gasteiger partial charge >= 0.3 is 5.97 Å². The van der Waals surface area contributed by atoms with Gasteiger partial charge < -0.3 is 5.11 Å². The minimum atomic E-state index is -0.709. The normalized spacial score (nSPS) is 24.9. The highest BCUT2D eigenvalue weighted by Gasteiger charge is 2.30. The molecule has 92 valence electrons. The van der Waals surface area contributed by atoms with E-state index in [1.807, 2.05) is 0 Å². The van der Waals surface area contributed by atoms with Crippen LogP contribution in [0.5, 0.6) is 0 Å². The van der Waals surface area contributed by atoms with Gasteiger partial charge in [-0.2, -0.15) is 0 Å². The third kappa shape index (κ3) is 4.33. The van der Waals surface area contributed by atoms with Crippen LogP contribution in [0.25, 0.3) is 0 Å². The van der Waals surface area contributed by atoms with Gasteiger partial charge in [-0.1, -0.05) is 26.2 Å². The van der Waals surface area contributed by atoms with Crippen LogP contribution >= 0.6 is 0 Å². The lowest BCUT2D eigenvalue weighted by Crippen LogP contribution is -2.12. The fourth-order valence-corrected chi connectivity index (χ4v) is 2.51. The summed E-state index contributed by atoms with van der Waals surface area (Å²) in [5, 5.41) is 8.47. The summed E-state index contributed by atoms with van der Waals surface area (Å²) in [5.74, 6) is 0.587. The number of carboxylic acid groups (broad SMARTS) is 1. The van der Waals surface area contributed by atoms with Crippen molar-refractivity contribution in [3.8, 4) is 0 Å². The zero-order valence-electron chi connectivity index (χ0n) is 10.1. The van der Waals surface area contributed by atoms with Gasteiger partial charge in [0, 0.05) is 18.8 Å². The highest BCUT2D eigenvalue weighted by Crippen LogP contribution is 2.32. The van der Waals surface area contributed by atoms with E-state index in [9.17, 15) is 9.59 Å². The van der Waals surface area contributed by atoms with Crippen molar-refractivity contribution < 1.29 is 14.7 Å². The van der Waals surface area contributed by atoms with Gasteiger partial charge in [-0.05, 0) is 25.2 Å². The molecule has 0 aromatic heterocycles. The predicted molar refractivity (Wildman–Crippen MR) is 62.2 cm³/mol. The van der Waals surface area contributed by atoms with Crippen LogP contribution in [0.15, 0.2) is 0 Å². The van der Waals surface area contributed by atoms with E-state index in [1.54, 1.807) is 0 Å². The molecule has 3 nitrogen and oxygen atoms in total. The summed E-state index contributed by atoms with van der Waals surface area (Å²) in [7, 11) is 0. The fraction of sp³-hybridized carbons (Fsp3) is 0.846. The molecule has 0 radical (unpaired) electrons. The summed E-state index contributed by atoms with van der Waals surface area (Å²) in [6, 6.07) is 0. The Bertz CT molecular complexity index is 248. The molecule has 0 spiro atoms. The van der Waals surface area contributed by atoms with E-state index in [0.717, 1.165) is 44.9 Å². The maximum atomic E-state index is 11.5. The number of carbonyl (C=O) groups is 2. The summed E-state index contributed by atoms with van der Waals surface area (Å²) in [5.41, 5.74) is 0. The van der Waals surface area contributed by atoms with E-state index >= 15 is 0 Å². The average molecular weight is 226 g/mol. The second-order valence-corrected chi connectivity index (χ2v) is 4.94. The first-order chi connectivity index (χ1) is 7.61. The molecule has 0 unspecified atom stereocenters. The summed E-state index contributed by atoms with van der Waals surface area (Å²) in [4.78, 5) is 21.8. The van der Waals surface area contributed by atoms with Crippen LogP contribution in [0.2, 0.25) is 0 Å². The van der Waals surface area contributed by atoms with Gasteiger partial charge in [0.25, 0.3) is 0 Å². The molecular weight excluding hydrogens is 204 g/mol. The molecule has 0 bridgehead atoms. The van der Waals surface area contributed by atoms with Crippen LogP contribution in [0.4, 0.5) is 0 Å². The third-order valence-electron chi connectivity index (χ3n) is 3.60. The standard InChI is InChI=1S/C13H22O3/c1-10-8-9-12(14)11(10)6-4-2-3-5-7-13(15)16/h10-11H,2-9H2,1H3,(H,15,16)/t10-,11+/m1/s1. The Kier molecular flexibility index (Phi) is 5.50. The molecule has 2 atom stereocenters. The molecule has 1 aliphatic rings. The molecule has 0 amide bonds. The molecule has 0 aliphatic heterocycles. The van der Waals surface area contributed by atoms with Gasteiger partial charge in [0.2, 0.25) is 0 Å². The van der Waals surface area contributed by atoms with Crippen molar-refractivity contribution in [1.29, 1.82) is 0 Å². The van der Waals surface area contributed by atoms with Crippen molar-refractivity contribution in [2.75, 3.05) is 0 Å². The summed E-state index contributed by atoms with van der Waals surface area (Å²) >= 11 is 0. The Morgan fingerprint density at radius 3 is 2.56 bits per heavy atom. The summed E-state index contributed by atoms with van der Waals surface area (Å²) in [6.07, 6.45) is 6.98. The second-order valence-electron chi connectivity index (χ2n) is 4.94. The van der Waals surface area contributed by atoms with Crippen molar-refractivity contribution >= 4 is 11.8 Å². The Balaban J connectivity index is 2.02. The van der Waals surface area contributed by atoms with Gasteiger partial charge in [-0.3, -0.25) is 9.59 Å². The highest BCUT2D eigenvalue weighted by molar-refractivity contribution is 5.83. The molecule has 0 heterocycles. The molecule has 0 saturated heterocycles. The first-order valence-corrected chi connectivity index (χ1v) is 6.35. The van der Waals surface area contributed by atoms with E-state index in [1.165, 1.54) is 0 Å². The minimum absolute atomic E-state index is 0.277. The van der Waals surface area contributed by atoms with E-state index in [0.29, 0.717) is 17.6 Å². The molecule has 16 heavy (non-hydrogen) atoms. The molecule has 1 N–H and O–H groups in total. The van der Waals surface area contributed by atoms with Crippen molar-refractivity contribution in [3.63, 3.8) is 0 Å². The Labute approximate surface area is 97.2 Å². The number of unbranched alkanes of at least 4 members (excludes halogenated alkanes) is 3. The van der Waals surface area contributed by atoms with Crippen LogP contribution in [0, 0.1) is 11.8 Å². The zero-order valence-corrected chi connectivity index (χ0v) is 10.1. The lowest BCUT2D eigenvalue weighted by atomic mass is 9.91. The van der Waals surface area contributed by atoms with E-state index in [2.05, 4.69) is 6.92 Å². The number of ketones is 1. The largest absolute Gasteiger partial charge is 0.481 e. The SMILES string of the molecule is C[C@@H]1CCC(=O)[C@H]1CCCCCCC(=O)O. The molecule has 3 heteroatoms. The number of aliphatic carboxylic acids is 1. The zero-order chi connectivity index (χ0) is 12.0. The third-order valence-corrected chi connectivity index (χ3v) is 3.60. The van der Waals surface area contributed by atoms with Gasteiger partial charge in [-0.25, -0.2) is 0 Å². The smallest absolute Gasteiger partial charge is 0.303 e.